The van der Waals surface area contributed by atoms with Gasteiger partial charge in [0.2, 0.25) is 5.91 Å². The summed E-state index contributed by atoms with van der Waals surface area (Å²) in [4.78, 5) is 50.4. The summed E-state index contributed by atoms with van der Waals surface area (Å²) in [5.41, 5.74) is -0.218. The third-order valence-electron chi connectivity index (χ3n) is 4.15. The number of nitro benzene ring substituents is 1. The number of anilines is 1. The summed E-state index contributed by atoms with van der Waals surface area (Å²) in [7, 11) is 0. The molecule has 0 bridgehead atoms. The minimum atomic E-state index is -0.845. The van der Waals surface area contributed by atoms with Crippen LogP contribution in [0.5, 0.6) is 0 Å². The van der Waals surface area contributed by atoms with Gasteiger partial charge in [-0.05, 0) is 18.2 Å². The number of carbonyl (C=O) groups is 3. The molecular formula is C19H15N3O5. The first-order chi connectivity index (χ1) is 13.0. The number of para-hydroxylation sites is 1. The molecular weight excluding hydrogens is 350 g/mol. The first kappa shape index (κ1) is 18.0. The molecule has 3 amide bonds. The number of benzene rings is 2. The number of fused-ring (bicyclic) bond motifs is 1. The van der Waals surface area contributed by atoms with Gasteiger partial charge >= 0.3 is 0 Å². The summed E-state index contributed by atoms with van der Waals surface area (Å²) in [6.07, 6.45) is 1.53. The van der Waals surface area contributed by atoms with Gasteiger partial charge in [-0.2, -0.15) is 0 Å². The summed E-state index contributed by atoms with van der Waals surface area (Å²) < 4.78 is 0. The van der Waals surface area contributed by atoms with Crippen LogP contribution in [0.15, 0.2) is 61.2 Å². The molecule has 0 spiro atoms. The van der Waals surface area contributed by atoms with Crippen LogP contribution in [-0.4, -0.2) is 40.6 Å². The molecule has 1 heterocycles. The van der Waals surface area contributed by atoms with Gasteiger partial charge in [0.05, 0.1) is 10.5 Å². The number of nitro groups is 1. The molecule has 0 radical (unpaired) electrons. The fourth-order valence-corrected chi connectivity index (χ4v) is 2.92. The highest BCUT2D eigenvalue weighted by Gasteiger charge is 2.42. The molecule has 27 heavy (non-hydrogen) atoms. The molecule has 2 aromatic rings. The molecule has 0 N–H and O–H groups in total. The van der Waals surface area contributed by atoms with Gasteiger partial charge in [0.25, 0.3) is 17.5 Å². The van der Waals surface area contributed by atoms with Crippen LogP contribution in [0.1, 0.15) is 20.7 Å². The van der Waals surface area contributed by atoms with E-state index in [0.717, 1.165) is 11.0 Å². The maximum absolute atomic E-state index is 12.7. The van der Waals surface area contributed by atoms with Gasteiger partial charge in [-0.3, -0.25) is 29.4 Å². The third-order valence-corrected chi connectivity index (χ3v) is 4.15. The van der Waals surface area contributed by atoms with Crippen molar-refractivity contribution in [2.45, 2.75) is 0 Å². The molecule has 8 heteroatoms. The van der Waals surface area contributed by atoms with E-state index in [9.17, 15) is 24.5 Å². The molecule has 0 saturated heterocycles. The predicted molar refractivity (Wildman–Crippen MR) is 97.5 cm³/mol. The number of hydrogen-bond acceptors (Lipinski definition) is 5. The van der Waals surface area contributed by atoms with E-state index in [2.05, 4.69) is 6.58 Å². The Labute approximate surface area is 154 Å². The Balaban J connectivity index is 1.89. The van der Waals surface area contributed by atoms with Crippen LogP contribution in [0.2, 0.25) is 0 Å². The second kappa shape index (κ2) is 7.20. The quantitative estimate of drug-likeness (QED) is 0.339. The van der Waals surface area contributed by atoms with E-state index in [1.807, 2.05) is 0 Å². The SMILES string of the molecule is C=CCN(C(=O)CN1C(=O)c2cccc([N+](=O)[O-])c2C1=O)c1ccccc1. The second-order valence-electron chi connectivity index (χ2n) is 5.78. The molecule has 0 atom stereocenters. The molecule has 0 aliphatic carbocycles. The number of hydrogen-bond donors (Lipinski definition) is 0. The fraction of sp³-hybridized carbons (Fsp3) is 0.105. The van der Waals surface area contributed by atoms with Gasteiger partial charge in [-0.15, -0.1) is 6.58 Å². The zero-order valence-corrected chi connectivity index (χ0v) is 14.2. The Morgan fingerprint density at radius 1 is 1.11 bits per heavy atom. The van der Waals surface area contributed by atoms with Crippen LogP contribution in [0.3, 0.4) is 0 Å². The Bertz CT molecular complexity index is 955. The molecule has 0 aromatic heterocycles. The van der Waals surface area contributed by atoms with Crippen molar-refractivity contribution < 1.29 is 19.3 Å². The van der Waals surface area contributed by atoms with Crippen LogP contribution in [0.4, 0.5) is 11.4 Å². The van der Waals surface area contributed by atoms with Crippen molar-refractivity contribution in [1.82, 2.24) is 4.90 Å². The van der Waals surface area contributed by atoms with Crippen molar-refractivity contribution in [3.05, 3.63) is 82.4 Å². The van der Waals surface area contributed by atoms with E-state index in [1.54, 1.807) is 30.3 Å². The first-order valence-corrected chi connectivity index (χ1v) is 8.05. The molecule has 0 fully saturated rings. The fourth-order valence-electron chi connectivity index (χ4n) is 2.92. The van der Waals surface area contributed by atoms with E-state index in [-0.39, 0.29) is 17.7 Å². The van der Waals surface area contributed by atoms with Crippen molar-refractivity contribution in [3.63, 3.8) is 0 Å². The summed E-state index contributed by atoms with van der Waals surface area (Å²) >= 11 is 0. The van der Waals surface area contributed by atoms with Crippen LogP contribution in [-0.2, 0) is 4.79 Å². The standard InChI is InChI=1S/C19H15N3O5/c1-2-11-20(13-7-4-3-5-8-13)16(23)12-21-18(24)14-9-6-10-15(22(26)27)17(14)19(21)25/h2-10H,1,11-12H2. The molecule has 136 valence electrons. The van der Waals surface area contributed by atoms with E-state index in [1.165, 1.54) is 23.1 Å². The monoisotopic (exact) mass is 365 g/mol. The summed E-state index contributed by atoms with van der Waals surface area (Å²) in [6.45, 7) is 3.28. The van der Waals surface area contributed by atoms with Gasteiger partial charge in [-0.25, -0.2) is 0 Å². The minimum absolute atomic E-state index is 0.0722. The maximum Gasteiger partial charge on any atom is 0.282 e. The van der Waals surface area contributed by atoms with Crippen LogP contribution < -0.4 is 4.90 Å². The van der Waals surface area contributed by atoms with Crippen molar-refractivity contribution in [3.8, 4) is 0 Å². The molecule has 0 unspecified atom stereocenters. The first-order valence-electron chi connectivity index (χ1n) is 8.05. The lowest BCUT2D eigenvalue weighted by Gasteiger charge is -2.23. The highest BCUT2D eigenvalue weighted by Crippen LogP contribution is 2.30. The van der Waals surface area contributed by atoms with E-state index in [0.29, 0.717) is 5.69 Å². The normalized spacial score (nSPS) is 12.7. The van der Waals surface area contributed by atoms with Gasteiger partial charge in [0, 0.05) is 18.3 Å². The molecule has 2 aromatic carbocycles. The zero-order chi connectivity index (χ0) is 19.6. The highest BCUT2D eigenvalue weighted by atomic mass is 16.6. The van der Waals surface area contributed by atoms with Gasteiger partial charge < -0.3 is 4.90 Å². The number of imide groups is 1. The molecule has 1 aliphatic heterocycles. The Hall–Kier alpha value is -3.81. The summed E-state index contributed by atoms with van der Waals surface area (Å²) in [5.74, 6) is -2.07. The zero-order valence-electron chi connectivity index (χ0n) is 14.2. The van der Waals surface area contributed by atoms with Crippen molar-refractivity contribution in [2.75, 3.05) is 18.0 Å². The predicted octanol–water partition coefficient (Wildman–Crippen LogP) is 2.41. The van der Waals surface area contributed by atoms with Crippen molar-refractivity contribution in [2.24, 2.45) is 0 Å². The smallest absolute Gasteiger partial charge is 0.282 e. The number of nitrogens with zero attached hydrogens (tertiary/aromatic N) is 3. The topological polar surface area (TPSA) is 101 Å². The van der Waals surface area contributed by atoms with Crippen molar-refractivity contribution >= 4 is 29.1 Å². The lowest BCUT2D eigenvalue weighted by molar-refractivity contribution is -0.385. The van der Waals surface area contributed by atoms with Crippen molar-refractivity contribution in [1.29, 1.82) is 0 Å². The van der Waals surface area contributed by atoms with Crippen LogP contribution in [0.25, 0.3) is 0 Å². The number of rotatable bonds is 6. The second-order valence-corrected chi connectivity index (χ2v) is 5.78. The largest absolute Gasteiger partial charge is 0.307 e. The molecule has 8 nitrogen and oxygen atoms in total. The maximum atomic E-state index is 12.7. The van der Waals surface area contributed by atoms with Gasteiger partial charge in [-0.1, -0.05) is 30.3 Å². The Morgan fingerprint density at radius 3 is 2.44 bits per heavy atom. The van der Waals surface area contributed by atoms with Gasteiger partial charge in [0.1, 0.15) is 12.1 Å². The molecule has 1 aliphatic rings. The molecule has 0 saturated carbocycles. The summed E-state index contributed by atoms with van der Waals surface area (Å²) in [5, 5.41) is 11.2. The summed E-state index contributed by atoms with van der Waals surface area (Å²) in [6, 6.07) is 12.6. The third kappa shape index (κ3) is 3.20. The van der Waals surface area contributed by atoms with Crippen LogP contribution in [0, 0.1) is 10.1 Å². The average molecular weight is 365 g/mol. The highest BCUT2D eigenvalue weighted by molar-refractivity contribution is 6.24. The minimum Gasteiger partial charge on any atom is -0.307 e. The van der Waals surface area contributed by atoms with Gasteiger partial charge in [0.15, 0.2) is 0 Å². The van der Waals surface area contributed by atoms with E-state index < -0.39 is 34.9 Å². The average Bonchev–Trinajstić information content (AvgIpc) is 2.91. The molecule has 3 rings (SSSR count). The Kier molecular flexibility index (Phi) is 4.80. The number of amides is 3. The Morgan fingerprint density at radius 2 is 1.81 bits per heavy atom. The number of carbonyl (C=O) groups excluding carboxylic acids is 3. The lowest BCUT2D eigenvalue weighted by Crippen LogP contribution is -2.43. The lowest BCUT2D eigenvalue weighted by atomic mass is 10.1. The van der Waals surface area contributed by atoms with E-state index in [4.69, 9.17) is 0 Å². The van der Waals surface area contributed by atoms with Crippen LogP contribution >= 0.6 is 0 Å². The van der Waals surface area contributed by atoms with E-state index >= 15 is 0 Å².